The average Bonchev–Trinajstić information content (AvgIpc) is 2.80. The molecule has 2 unspecified atom stereocenters. The molecule has 2 aliphatic rings. The molecule has 0 amide bonds. The molecule has 5 heteroatoms. The number of fused-ring (bicyclic) bond motifs is 1. The van der Waals surface area contributed by atoms with Crippen molar-refractivity contribution in [1.29, 1.82) is 0 Å². The number of halogens is 3. The maximum absolute atomic E-state index is 12.4. The van der Waals surface area contributed by atoms with E-state index in [4.69, 9.17) is 5.11 Å². The SMILES string of the molecule is OCC1C2CN(c3ccc(C(F)(F)F)cc3)CC12. The summed E-state index contributed by atoms with van der Waals surface area (Å²) < 4.78 is 37.3. The third-order valence-electron chi connectivity index (χ3n) is 4.14. The van der Waals surface area contributed by atoms with E-state index in [1.807, 2.05) is 0 Å². The number of nitrogens with zero attached hydrogens (tertiary/aromatic N) is 1. The summed E-state index contributed by atoms with van der Waals surface area (Å²) in [7, 11) is 0. The molecule has 1 aromatic carbocycles. The number of aliphatic hydroxyl groups excluding tert-OH is 1. The highest BCUT2D eigenvalue weighted by Gasteiger charge is 2.55. The van der Waals surface area contributed by atoms with Crippen LogP contribution in [0.15, 0.2) is 24.3 Å². The number of rotatable bonds is 2. The van der Waals surface area contributed by atoms with E-state index in [0.29, 0.717) is 17.8 Å². The van der Waals surface area contributed by atoms with Crippen molar-refractivity contribution in [2.24, 2.45) is 17.8 Å². The van der Waals surface area contributed by atoms with Gasteiger partial charge in [-0.3, -0.25) is 0 Å². The van der Waals surface area contributed by atoms with Crippen LogP contribution in [0.4, 0.5) is 18.9 Å². The Balaban J connectivity index is 1.69. The Hall–Kier alpha value is -1.23. The highest BCUT2D eigenvalue weighted by molar-refractivity contribution is 5.50. The van der Waals surface area contributed by atoms with Crippen molar-refractivity contribution in [3.05, 3.63) is 29.8 Å². The van der Waals surface area contributed by atoms with Crippen molar-refractivity contribution in [2.45, 2.75) is 6.18 Å². The number of hydrogen-bond acceptors (Lipinski definition) is 2. The molecule has 1 aromatic rings. The number of benzene rings is 1. The topological polar surface area (TPSA) is 23.5 Å². The lowest BCUT2D eigenvalue weighted by atomic mass is 10.2. The Labute approximate surface area is 103 Å². The molecule has 2 nitrogen and oxygen atoms in total. The van der Waals surface area contributed by atoms with E-state index in [1.165, 1.54) is 12.1 Å². The van der Waals surface area contributed by atoms with Crippen molar-refractivity contribution < 1.29 is 18.3 Å². The van der Waals surface area contributed by atoms with Gasteiger partial charge >= 0.3 is 6.18 Å². The minimum Gasteiger partial charge on any atom is -0.396 e. The van der Waals surface area contributed by atoms with Crippen molar-refractivity contribution in [3.63, 3.8) is 0 Å². The zero-order valence-electron chi connectivity index (χ0n) is 9.69. The lowest BCUT2D eigenvalue weighted by molar-refractivity contribution is -0.137. The molecule has 2 atom stereocenters. The van der Waals surface area contributed by atoms with Gasteiger partial charge in [-0.05, 0) is 42.0 Å². The Bertz CT molecular complexity index is 431. The number of aliphatic hydroxyl groups is 1. The third-order valence-corrected chi connectivity index (χ3v) is 4.14. The normalized spacial score (nSPS) is 30.4. The first-order chi connectivity index (χ1) is 8.50. The highest BCUT2D eigenvalue weighted by atomic mass is 19.4. The van der Waals surface area contributed by atoms with Crippen LogP contribution in [0.3, 0.4) is 0 Å². The van der Waals surface area contributed by atoms with Gasteiger partial charge in [0.05, 0.1) is 5.56 Å². The predicted molar refractivity (Wildman–Crippen MR) is 61.2 cm³/mol. The van der Waals surface area contributed by atoms with Crippen LogP contribution in [0, 0.1) is 17.8 Å². The first-order valence-corrected chi connectivity index (χ1v) is 6.04. The van der Waals surface area contributed by atoms with E-state index in [0.717, 1.165) is 30.9 Å². The Morgan fingerprint density at radius 3 is 2.11 bits per heavy atom. The summed E-state index contributed by atoms with van der Waals surface area (Å²) in [5, 5.41) is 9.05. The van der Waals surface area contributed by atoms with Gasteiger partial charge in [-0.15, -0.1) is 0 Å². The number of alkyl halides is 3. The molecule has 1 heterocycles. The fourth-order valence-corrected chi connectivity index (χ4v) is 2.99. The average molecular weight is 257 g/mol. The molecule has 2 fully saturated rings. The lowest BCUT2D eigenvalue weighted by Gasteiger charge is -2.22. The maximum Gasteiger partial charge on any atom is 0.416 e. The van der Waals surface area contributed by atoms with Crippen molar-refractivity contribution in [3.8, 4) is 0 Å². The Morgan fingerprint density at radius 2 is 1.67 bits per heavy atom. The molecule has 1 saturated heterocycles. The van der Waals surface area contributed by atoms with E-state index < -0.39 is 11.7 Å². The van der Waals surface area contributed by atoms with Crippen LogP contribution in [0.25, 0.3) is 0 Å². The second kappa shape index (κ2) is 3.88. The van der Waals surface area contributed by atoms with Crippen LogP contribution in [0.5, 0.6) is 0 Å². The molecule has 0 aromatic heterocycles. The van der Waals surface area contributed by atoms with E-state index in [1.54, 1.807) is 0 Å². The number of anilines is 1. The molecular formula is C13H14F3NO. The van der Waals surface area contributed by atoms with Crippen LogP contribution in [-0.2, 0) is 6.18 Å². The third kappa shape index (κ3) is 1.86. The summed E-state index contributed by atoms with van der Waals surface area (Å²) in [6, 6.07) is 5.31. The van der Waals surface area contributed by atoms with E-state index >= 15 is 0 Å². The largest absolute Gasteiger partial charge is 0.416 e. The first kappa shape index (κ1) is 11.8. The molecule has 1 N–H and O–H groups in total. The van der Waals surface area contributed by atoms with E-state index in [9.17, 15) is 13.2 Å². The number of hydrogen-bond donors (Lipinski definition) is 1. The standard InChI is InChI=1S/C13H14F3NO/c14-13(15,16)8-1-3-9(4-2-8)17-5-10-11(6-17)12(10)7-18/h1-4,10-12,18H,5-7H2. The summed E-state index contributed by atoms with van der Waals surface area (Å²) in [5.74, 6) is 1.46. The summed E-state index contributed by atoms with van der Waals surface area (Å²) in [6.07, 6.45) is -4.27. The van der Waals surface area contributed by atoms with Gasteiger partial charge in [0.25, 0.3) is 0 Å². The Morgan fingerprint density at radius 1 is 1.11 bits per heavy atom. The van der Waals surface area contributed by atoms with Gasteiger partial charge in [-0.1, -0.05) is 0 Å². The molecule has 0 bridgehead atoms. The minimum absolute atomic E-state index is 0.232. The Kier molecular flexibility index (Phi) is 2.55. The van der Waals surface area contributed by atoms with Gasteiger partial charge in [0.15, 0.2) is 0 Å². The van der Waals surface area contributed by atoms with E-state index in [2.05, 4.69) is 4.90 Å². The van der Waals surface area contributed by atoms with E-state index in [-0.39, 0.29) is 6.61 Å². The van der Waals surface area contributed by atoms with Gasteiger partial charge < -0.3 is 10.0 Å². The summed E-state index contributed by atoms with van der Waals surface area (Å²) in [6.45, 7) is 1.93. The molecular weight excluding hydrogens is 243 g/mol. The maximum atomic E-state index is 12.4. The first-order valence-electron chi connectivity index (χ1n) is 6.04. The quantitative estimate of drug-likeness (QED) is 0.879. The van der Waals surface area contributed by atoms with Crippen molar-refractivity contribution in [2.75, 3.05) is 24.6 Å². The lowest BCUT2D eigenvalue weighted by Crippen LogP contribution is -2.24. The predicted octanol–water partition coefficient (Wildman–Crippen LogP) is 2.38. The fraction of sp³-hybridized carbons (Fsp3) is 0.538. The number of piperidine rings is 1. The molecule has 1 aliphatic carbocycles. The summed E-state index contributed by atoms with van der Waals surface area (Å²) >= 11 is 0. The van der Waals surface area contributed by atoms with Crippen molar-refractivity contribution >= 4 is 5.69 Å². The highest BCUT2D eigenvalue weighted by Crippen LogP contribution is 2.52. The fourth-order valence-electron chi connectivity index (χ4n) is 2.99. The molecule has 1 saturated carbocycles. The van der Waals surface area contributed by atoms with Gasteiger partial charge in [0.1, 0.15) is 0 Å². The molecule has 18 heavy (non-hydrogen) atoms. The molecule has 0 spiro atoms. The smallest absolute Gasteiger partial charge is 0.396 e. The minimum atomic E-state index is -4.27. The van der Waals surface area contributed by atoms with Gasteiger partial charge in [0, 0.05) is 25.4 Å². The molecule has 0 radical (unpaired) electrons. The van der Waals surface area contributed by atoms with Gasteiger partial charge in [-0.25, -0.2) is 0 Å². The second-order valence-electron chi connectivity index (χ2n) is 5.12. The monoisotopic (exact) mass is 257 g/mol. The van der Waals surface area contributed by atoms with Gasteiger partial charge in [0.2, 0.25) is 0 Å². The van der Waals surface area contributed by atoms with Crippen LogP contribution < -0.4 is 4.90 Å². The van der Waals surface area contributed by atoms with Crippen molar-refractivity contribution in [1.82, 2.24) is 0 Å². The van der Waals surface area contributed by atoms with Crippen LogP contribution >= 0.6 is 0 Å². The van der Waals surface area contributed by atoms with Crippen LogP contribution in [-0.4, -0.2) is 24.8 Å². The molecule has 3 rings (SSSR count). The molecule has 1 aliphatic heterocycles. The second-order valence-corrected chi connectivity index (χ2v) is 5.12. The van der Waals surface area contributed by atoms with Gasteiger partial charge in [-0.2, -0.15) is 13.2 Å². The molecule has 98 valence electrons. The zero-order chi connectivity index (χ0) is 12.9. The van der Waals surface area contributed by atoms with Crippen LogP contribution in [0.1, 0.15) is 5.56 Å². The summed E-state index contributed by atoms with van der Waals surface area (Å²) in [4.78, 5) is 2.10. The summed E-state index contributed by atoms with van der Waals surface area (Å²) in [5.41, 5.74) is 0.232. The van der Waals surface area contributed by atoms with Crippen LogP contribution in [0.2, 0.25) is 0 Å². The zero-order valence-corrected chi connectivity index (χ0v) is 9.69.